The standard InChI is InChI=1S/C10H16O4S/c1-7(11)13-3-9-5-15-6-10(9)4-14-8(2)12/h9-10H,3-6H2,1-2H3/t9-,10+. The van der Waals surface area contributed by atoms with E-state index in [9.17, 15) is 9.59 Å². The summed E-state index contributed by atoms with van der Waals surface area (Å²) in [6.45, 7) is 3.69. The maximum absolute atomic E-state index is 10.7. The van der Waals surface area contributed by atoms with Gasteiger partial charge in [0.05, 0.1) is 13.2 Å². The average molecular weight is 232 g/mol. The topological polar surface area (TPSA) is 52.6 Å². The van der Waals surface area contributed by atoms with Crippen LogP contribution in [0.5, 0.6) is 0 Å². The van der Waals surface area contributed by atoms with Crippen LogP contribution in [0.15, 0.2) is 0 Å². The van der Waals surface area contributed by atoms with E-state index >= 15 is 0 Å². The van der Waals surface area contributed by atoms with Gasteiger partial charge in [0.25, 0.3) is 0 Å². The highest BCUT2D eigenvalue weighted by Gasteiger charge is 2.29. The maximum Gasteiger partial charge on any atom is 0.302 e. The third kappa shape index (κ3) is 4.55. The predicted octanol–water partition coefficient (Wildman–Crippen LogP) is 1.09. The zero-order valence-corrected chi connectivity index (χ0v) is 9.84. The Balaban J connectivity index is 2.29. The molecule has 1 rings (SSSR count). The molecule has 0 radical (unpaired) electrons. The normalized spacial score (nSPS) is 24.9. The van der Waals surface area contributed by atoms with Gasteiger partial charge in [0.1, 0.15) is 0 Å². The van der Waals surface area contributed by atoms with Crippen LogP contribution in [0.25, 0.3) is 0 Å². The Morgan fingerprint density at radius 1 is 1.07 bits per heavy atom. The summed E-state index contributed by atoms with van der Waals surface area (Å²) in [5, 5.41) is 0. The van der Waals surface area contributed by atoms with Crippen molar-refractivity contribution < 1.29 is 19.1 Å². The fraction of sp³-hybridized carbons (Fsp3) is 0.800. The van der Waals surface area contributed by atoms with E-state index < -0.39 is 0 Å². The predicted molar refractivity (Wildman–Crippen MR) is 57.6 cm³/mol. The molecule has 0 bridgehead atoms. The van der Waals surface area contributed by atoms with E-state index in [1.165, 1.54) is 13.8 Å². The summed E-state index contributed by atoms with van der Waals surface area (Å²) in [5.41, 5.74) is 0. The van der Waals surface area contributed by atoms with Crippen molar-refractivity contribution in [3.63, 3.8) is 0 Å². The molecule has 0 saturated carbocycles. The highest BCUT2D eigenvalue weighted by atomic mass is 32.2. The van der Waals surface area contributed by atoms with Crippen LogP contribution in [-0.2, 0) is 19.1 Å². The molecule has 1 heterocycles. The Bertz CT molecular complexity index is 218. The molecular formula is C10H16O4S. The summed E-state index contributed by atoms with van der Waals surface area (Å²) in [5.74, 6) is 2.08. The second kappa shape index (κ2) is 6.00. The molecule has 2 atom stereocenters. The number of rotatable bonds is 4. The number of ether oxygens (including phenoxy) is 2. The number of hydrogen-bond donors (Lipinski definition) is 0. The Hall–Kier alpha value is -0.710. The highest BCUT2D eigenvalue weighted by molar-refractivity contribution is 7.99. The van der Waals surface area contributed by atoms with Crippen molar-refractivity contribution in [1.82, 2.24) is 0 Å². The molecule has 0 N–H and O–H groups in total. The van der Waals surface area contributed by atoms with Crippen LogP contribution in [0.2, 0.25) is 0 Å². The Morgan fingerprint density at radius 3 is 1.80 bits per heavy atom. The van der Waals surface area contributed by atoms with Crippen molar-refractivity contribution in [3.8, 4) is 0 Å². The van der Waals surface area contributed by atoms with Gasteiger partial charge in [-0.25, -0.2) is 0 Å². The quantitative estimate of drug-likeness (QED) is 0.679. The van der Waals surface area contributed by atoms with Crippen molar-refractivity contribution in [2.45, 2.75) is 13.8 Å². The summed E-state index contributed by atoms with van der Waals surface area (Å²) in [6, 6.07) is 0. The summed E-state index contributed by atoms with van der Waals surface area (Å²) in [7, 11) is 0. The Kier molecular flexibility index (Phi) is 4.94. The Labute approximate surface area is 93.7 Å². The van der Waals surface area contributed by atoms with Crippen LogP contribution < -0.4 is 0 Å². The van der Waals surface area contributed by atoms with E-state index in [2.05, 4.69) is 0 Å². The van der Waals surface area contributed by atoms with Crippen molar-refractivity contribution in [2.75, 3.05) is 24.7 Å². The van der Waals surface area contributed by atoms with Gasteiger partial charge in [0.15, 0.2) is 0 Å². The molecule has 86 valence electrons. The molecule has 4 nitrogen and oxygen atoms in total. The second-order valence-electron chi connectivity index (χ2n) is 3.66. The smallest absolute Gasteiger partial charge is 0.302 e. The minimum absolute atomic E-state index is 0.252. The number of thioether (sulfide) groups is 1. The first-order valence-electron chi connectivity index (χ1n) is 4.94. The summed E-state index contributed by atoms with van der Waals surface area (Å²) >= 11 is 1.81. The van der Waals surface area contributed by atoms with E-state index in [0.29, 0.717) is 25.0 Å². The van der Waals surface area contributed by atoms with Gasteiger partial charge >= 0.3 is 11.9 Å². The van der Waals surface area contributed by atoms with Gasteiger partial charge in [0.2, 0.25) is 0 Å². The molecule has 1 aliphatic rings. The van der Waals surface area contributed by atoms with Crippen LogP contribution in [0.3, 0.4) is 0 Å². The average Bonchev–Trinajstić information content (AvgIpc) is 2.58. The highest BCUT2D eigenvalue weighted by Crippen LogP contribution is 2.30. The van der Waals surface area contributed by atoms with Crippen LogP contribution in [0, 0.1) is 11.8 Å². The molecule has 0 aromatic carbocycles. The van der Waals surface area contributed by atoms with Gasteiger partial charge in [-0.15, -0.1) is 0 Å². The maximum atomic E-state index is 10.7. The van der Waals surface area contributed by atoms with E-state index in [-0.39, 0.29) is 11.9 Å². The summed E-state index contributed by atoms with van der Waals surface area (Å²) in [4.78, 5) is 21.3. The summed E-state index contributed by atoms with van der Waals surface area (Å²) in [6.07, 6.45) is 0. The van der Waals surface area contributed by atoms with Gasteiger partial charge in [0, 0.05) is 25.7 Å². The van der Waals surface area contributed by atoms with E-state index in [1.807, 2.05) is 11.8 Å². The lowest BCUT2D eigenvalue weighted by Crippen LogP contribution is -2.24. The Morgan fingerprint density at radius 2 is 1.47 bits per heavy atom. The van der Waals surface area contributed by atoms with Crippen molar-refractivity contribution in [2.24, 2.45) is 11.8 Å². The molecule has 5 heteroatoms. The van der Waals surface area contributed by atoms with Crippen LogP contribution in [0.1, 0.15) is 13.8 Å². The third-order valence-corrected chi connectivity index (χ3v) is 3.66. The monoisotopic (exact) mass is 232 g/mol. The number of hydrogen-bond acceptors (Lipinski definition) is 5. The molecule has 0 unspecified atom stereocenters. The number of carbonyl (C=O) groups is 2. The molecule has 1 aliphatic heterocycles. The molecule has 1 saturated heterocycles. The fourth-order valence-corrected chi connectivity index (χ4v) is 2.94. The van der Waals surface area contributed by atoms with Crippen LogP contribution >= 0.6 is 11.8 Å². The SMILES string of the molecule is CC(=O)OC[C@@H]1CSC[C@@H]1COC(C)=O. The molecule has 15 heavy (non-hydrogen) atoms. The first-order chi connectivity index (χ1) is 7.09. The van der Waals surface area contributed by atoms with Gasteiger partial charge in [-0.2, -0.15) is 11.8 Å². The molecule has 0 aromatic heterocycles. The lowest BCUT2D eigenvalue weighted by atomic mass is 9.98. The number of esters is 2. The number of carbonyl (C=O) groups excluding carboxylic acids is 2. The van der Waals surface area contributed by atoms with Crippen molar-refractivity contribution in [1.29, 1.82) is 0 Å². The summed E-state index contributed by atoms with van der Waals surface area (Å²) < 4.78 is 9.94. The van der Waals surface area contributed by atoms with E-state index in [4.69, 9.17) is 9.47 Å². The zero-order chi connectivity index (χ0) is 11.3. The van der Waals surface area contributed by atoms with Gasteiger partial charge in [-0.3, -0.25) is 9.59 Å². The van der Waals surface area contributed by atoms with Crippen molar-refractivity contribution in [3.05, 3.63) is 0 Å². The molecular weight excluding hydrogens is 216 g/mol. The largest absolute Gasteiger partial charge is 0.466 e. The first-order valence-corrected chi connectivity index (χ1v) is 6.09. The van der Waals surface area contributed by atoms with Gasteiger partial charge in [-0.1, -0.05) is 0 Å². The van der Waals surface area contributed by atoms with Crippen LogP contribution in [-0.4, -0.2) is 36.7 Å². The minimum Gasteiger partial charge on any atom is -0.466 e. The van der Waals surface area contributed by atoms with Crippen molar-refractivity contribution >= 4 is 23.7 Å². The lowest BCUT2D eigenvalue weighted by Gasteiger charge is -2.17. The third-order valence-electron chi connectivity index (χ3n) is 2.33. The molecule has 1 fully saturated rings. The lowest BCUT2D eigenvalue weighted by molar-refractivity contribution is -0.146. The second-order valence-corrected chi connectivity index (χ2v) is 4.74. The molecule has 0 spiro atoms. The van der Waals surface area contributed by atoms with E-state index in [0.717, 1.165) is 11.5 Å². The first kappa shape index (κ1) is 12.4. The minimum atomic E-state index is -0.252. The molecule has 0 aliphatic carbocycles. The molecule has 0 amide bonds. The fourth-order valence-electron chi connectivity index (χ4n) is 1.46. The zero-order valence-electron chi connectivity index (χ0n) is 9.02. The van der Waals surface area contributed by atoms with Crippen LogP contribution in [0.4, 0.5) is 0 Å². The van der Waals surface area contributed by atoms with Gasteiger partial charge in [-0.05, 0) is 11.5 Å². The molecule has 0 aromatic rings. The van der Waals surface area contributed by atoms with Gasteiger partial charge < -0.3 is 9.47 Å². The van der Waals surface area contributed by atoms with E-state index in [1.54, 1.807) is 0 Å².